The topological polar surface area (TPSA) is 20.2 Å². The van der Waals surface area contributed by atoms with Crippen molar-refractivity contribution in [1.82, 2.24) is 0 Å². The molecule has 0 aromatic rings. The van der Waals surface area contributed by atoms with E-state index < -0.39 is 0 Å². The maximum absolute atomic E-state index is 9.57. The number of hydrogen-bond acceptors (Lipinski definition) is 1. The third-order valence-corrected chi connectivity index (χ3v) is 2.55. The van der Waals surface area contributed by atoms with Crippen molar-refractivity contribution in [3.63, 3.8) is 0 Å². The number of aliphatic hydroxyl groups excluding tert-OH is 1. The molecule has 0 amide bonds. The standard InChI is InChI=1S/C14H28O/c1-4-5-6-7-8-9-10-11-14(15)12-13(2)3/h10-11,13-15H,4-9,12H2,1-3H3. The zero-order valence-electron chi connectivity index (χ0n) is 10.7. The van der Waals surface area contributed by atoms with Gasteiger partial charge in [-0.1, -0.05) is 58.6 Å². The van der Waals surface area contributed by atoms with Crippen LogP contribution in [-0.4, -0.2) is 11.2 Å². The molecule has 0 saturated carbocycles. The van der Waals surface area contributed by atoms with Gasteiger partial charge in [-0.05, 0) is 25.2 Å². The van der Waals surface area contributed by atoms with Crippen LogP contribution in [0, 0.1) is 5.92 Å². The molecule has 0 heterocycles. The Kier molecular flexibility index (Phi) is 10.0. The van der Waals surface area contributed by atoms with Crippen LogP contribution in [0.25, 0.3) is 0 Å². The van der Waals surface area contributed by atoms with Crippen molar-refractivity contribution in [2.24, 2.45) is 5.92 Å². The minimum absolute atomic E-state index is 0.236. The summed E-state index contributed by atoms with van der Waals surface area (Å²) in [6, 6.07) is 0. The number of hydrogen-bond donors (Lipinski definition) is 1. The van der Waals surface area contributed by atoms with Gasteiger partial charge in [0, 0.05) is 0 Å². The molecule has 0 rings (SSSR count). The van der Waals surface area contributed by atoms with E-state index in [0.29, 0.717) is 5.92 Å². The first-order valence-electron chi connectivity index (χ1n) is 6.51. The third kappa shape index (κ3) is 11.6. The Morgan fingerprint density at radius 3 is 2.33 bits per heavy atom. The van der Waals surface area contributed by atoms with E-state index in [1.165, 1.54) is 32.1 Å². The van der Waals surface area contributed by atoms with Gasteiger partial charge in [0.15, 0.2) is 0 Å². The second kappa shape index (κ2) is 10.2. The average Bonchev–Trinajstić information content (AvgIpc) is 2.15. The molecule has 0 aromatic carbocycles. The number of rotatable bonds is 9. The molecule has 0 spiro atoms. The van der Waals surface area contributed by atoms with E-state index in [9.17, 15) is 5.11 Å². The largest absolute Gasteiger partial charge is 0.389 e. The first kappa shape index (κ1) is 14.7. The summed E-state index contributed by atoms with van der Waals surface area (Å²) in [4.78, 5) is 0. The second-order valence-electron chi connectivity index (χ2n) is 4.83. The Hall–Kier alpha value is -0.300. The fourth-order valence-electron chi connectivity index (χ4n) is 1.68. The van der Waals surface area contributed by atoms with Crippen LogP contribution in [0.1, 0.15) is 65.7 Å². The van der Waals surface area contributed by atoms with Crippen molar-refractivity contribution in [3.8, 4) is 0 Å². The minimum atomic E-state index is -0.236. The van der Waals surface area contributed by atoms with Crippen LogP contribution in [-0.2, 0) is 0 Å². The summed E-state index contributed by atoms with van der Waals surface area (Å²) in [5, 5.41) is 9.57. The Labute approximate surface area is 95.6 Å². The fraction of sp³-hybridized carbons (Fsp3) is 0.857. The molecule has 0 aliphatic rings. The van der Waals surface area contributed by atoms with Gasteiger partial charge in [0.2, 0.25) is 0 Å². The molecule has 15 heavy (non-hydrogen) atoms. The Morgan fingerprint density at radius 1 is 1.07 bits per heavy atom. The van der Waals surface area contributed by atoms with Crippen LogP contribution in [0.4, 0.5) is 0 Å². The fourth-order valence-corrected chi connectivity index (χ4v) is 1.68. The van der Waals surface area contributed by atoms with Gasteiger partial charge < -0.3 is 5.11 Å². The number of aliphatic hydroxyl groups is 1. The lowest BCUT2D eigenvalue weighted by atomic mass is 10.0. The molecule has 0 aromatic heterocycles. The highest BCUT2D eigenvalue weighted by Crippen LogP contribution is 2.08. The molecule has 1 atom stereocenters. The summed E-state index contributed by atoms with van der Waals surface area (Å²) >= 11 is 0. The summed E-state index contributed by atoms with van der Waals surface area (Å²) in [5.41, 5.74) is 0. The van der Waals surface area contributed by atoms with E-state index in [4.69, 9.17) is 0 Å². The highest BCUT2D eigenvalue weighted by Gasteiger charge is 2.01. The van der Waals surface area contributed by atoms with Crippen LogP contribution in [0.15, 0.2) is 12.2 Å². The van der Waals surface area contributed by atoms with Crippen LogP contribution >= 0.6 is 0 Å². The molecule has 1 N–H and O–H groups in total. The van der Waals surface area contributed by atoms with Gasteiger partial charge in [0.1, 0.15) is 0 Å². The van der Waals surface area contributed by atoms with Crippen molar-refractivity contribution in [2.75, 3.05) is 0 Å². The van der Waals surface area contributed by atoms with E-state index in [1.54, 1.807) is 0 Å². The predicted molar refractivity (Wildman–Crippen MR) is 68.0 cm³/mol. The van der Waals surface area contributed by atoms with Gasteiger partial charge in [-0.25, -0.2) is 0 Å². The Bertz CT molecular complexity index is 149. The molecule has 0 aliphatic heterocycles. The lowest BCUT2D eigenvalue weighted by Crippen LogP contribution is -2.05. The minimum Gasteiger partial charge on any atom is -0.389 e. The van der Waals surface area contributed by atoms with Crippen molar-refractivity contribution in [3.05, 3.63) is 12.2 Å². The molecular formula is C14H28O. The number of unbranched alkanes of at least 4 members (excludes halogenated alkanes) is 5. The number of allylic oxidation sites excluding steroid dienone is 1. The lowest BCUT2D eigenvalue weighted by molar-refractivity contribution is 0.194. The summed E-state index contributed by atoms with van der Waals surface area (Å²) in [7, 11) is 0. The first-order chi connectivity index (χ1) is 7.16. The second-order valence-corrected chi connectivity index (χ2v) is 4.83. The van der Waals surface area contributed by atoms with Gasteiger partial charge >= 0.3 is 0 Å². The molecule has 0 radical (unpaired) electrons. The van der Waals surface area contributed by atoms with Gasteiger partial charge in [0.05, 0.1) is 6.10 Å². The Balaban J connectivity index is 3.29. The van der Waals surface area contributed by atoms with Crippen LogP contribution in [0.3, 0.4) is 0 Å². The highest BCUT2D eigenvalue weighted by atomic mass is 16.3. The third-order valence-electron chi connectivity index (χ3n) is 2.55. The summed E-state index contributed by atoms with van der Waals surface area (Å²) in [6.45, 7) is 6.52. The quantitative estimate of drug-likeness (QED) is 0.446. The smallest absolute Gasteiger partial charge is 0.0723 e. The molecule has 1 nitrogen and oxygen atoms in total. The van der Waals surface area contributed by atoms with E-state index in [-0.39, 0.29) is 6.10 Å². The van der Waals surface area contributed by atoms with E-state index in [0.717, 1.165) is 12.8 Å². The van der Waals surface area contributed by atoms with Crippen LogP contribution < -0.4 is 0 Å². The molecule has 90 valence electrons. The van der Waals surface area contributed by atoms with Crippen molar-refractivity contribution < 1.29 is 5.11 Å². The Morgan fingerprint density at radius 2 is 1.73 bits per heavy atom. The molecular weight excluding hydrogens is 184 g/mol. The average molecular weight is 212 g/mol. The zero-order valence-corrected chi connectivity index (χ0v) is 10.7. The van der Waals surface area contributed by atoms with E-state index in [1.807, 2.05) is 6.08 Å². The summed E-state index contributed by atoms with van der Waals surface area (Å²) in [5.74, 6) is 0.578. The normalized spacial score (nSPS) is 13.9. The molecule has 0 fully saturated rings. The van der Waals surface area contributed by atoms with Crippen LogP contribution in [0.2, 0.25) is 0 Å². The summed E-state index contributed by atoms with van der Waals surface area (Å²) in [6.07, 6.45) is 12.5. The SMILES string of the molecule is CCCCCCCC=CC(O)CC(C)C. The van der Waals surface area contributed by atoms with Crippen molar-refractivity contribution in [1.29, 1.82) is 0 Å². The first-order valence-corrected chi connectivity index (χ1v) is 6.51. The van der Waals surface area contributed by atoms with Gasteiger partial charge in [-0.15, -0.1) is 0 Å². The van der Waals surface area contributed by atoms with E-state index in [2.05, 4.69) is 26.8 Å². The van der Waals surface area contributed by atoms with Crippen molar-refractivity contribution in [2.45, 2.75) is 71.8 Å². The maximum atomic E-state index is 9.57. The van der Waals surface area contributed by atoms with E-state index >= 15 is 0 Å². The highest BCUT2D eigenvalue weighted by molar-refractivity contribution is 4.88. The van der Waals surface area contributed by atoms with Crippen LogP contribution in [0.5, 0.6) is 0 Å². The zero-order chi connectivity index (χ0) is 11.5. The molecule has 0 saturated heterocycles. The summed E-state index contributed by atoms with van der Waals surface area (Å²) < 4.78 is 0. The predicted octanol–water partition coefficient (Wildman–Crippen LogP) is 4.31. The van der Waals surface area contributed by atoms with Crippen molar-refractivity contribution >= 4 is 0 Å². The molecule has 1 unspecified atom stereocenters. The molecule has 0 bridgehead atoms. The maximum Gasteiger partial charge on any atom is 0.0723 e. The van der Waals surface area contributed by atoms with Gasteiger partial charge in [0.25, 0.3) is 0 Å². The molecule has 1 heteroatoms. The van der Waals surface area contributed by atoms with Gasteiger partial charge in [-0.3, -0.25) is 0 Å². The molecule has 0 aliphatic carbocycles. The monoisotopic (exact) mass is 212 g/mol. The lowest BCUT2D eigenvalue weighted by Gasteiger charge is -2.07. The van der Waals surface area contributed by atoms with Gasteiger partial charge in [-0.2, -0.15) is 0 Å².